The van der Waals surface area contributed by atoms with Gasteiger partial charge in [-0.05, 0) is 5.92 Å². The first-order valence-corrected chi connectivity index (χ1v) is 7.37. The number of carbonyl (C=O) groups is 1. The van der Waals surface area contributed by atoms with E-state index in [4.69, 9.17) is 0 Å². The highest BCUT2D eigenvalue weighted by atomic mass is 32.2. The SMILES string of the molecule is CC(=O)c1csc(NC2=N[C@@H](C(C)C)CS2)n1. The summed E-state index contributed by atoms with van der Waals surface area (Å²) in [6, 6.07) is 0.384. The Balaban J connectivity index is 2.01. The van der Waals surface area contributed by atoms with Gasteiger partial charge in [-0.1, -0.05) is 25.6 Å². The van der Waals surface area contributed by atoms with Gasteiger partial charge in [-0.3, -0.25) is 9.79 Å². The highest BCUT2D eigenvalue weighted by molar-refractivity contribution is 8.14. The van der Waals surface area contributed by atoms with Gasteiger partial charge in [0.2, 0.25) is 0 Å². The van der Waals surface area contributed by atoms with Crippen LogP contribution < -0.4 is 5.32 Å². The molecule has 92 valence electrons. The summed E-state index contributed by atoms with van der Waals surface area (Å²) >= 11 is 3.15. The van der Waals surface area contributed by atoms with Crippen molar-refractivity contribution in [3.8, 4) is 0 Å². The number of thioether (sulfide) groups is 1. The maximum atomic E-state index is 11.1. The number of nitrogens with one attached hydrogen (secondary N) is 1. The van der Waals surface area contributed by atoms with Crippen LogP contribution in [0, 0.1) is 5.92 Å². The Morgan fingerprint density at radius 3 is 2.88 bits per heavy atom. The second kappa shape index (κ2) is 5.18. The third-order valence-corrected chi connectivity index (χ3v) is 4.27. The second-order valence-electron chi connectivity index (χ2n) is 4.28. The predicted molar refractivity (Wildman–Crippen MR) is 74.3 cm³/mol. The maximum absolute atomic E-state index is 11.1. The van der Waals surface area contributed by atoms with E-state index in [-0.39, 0.29) is 5.78 Å². The van der Waals surface area contributed by atoms with Crippen molar-refractivity contribution in [2.75, 3.05) is 11.1 Å². The van der Waals surface area contributed by atoms with Crippen molar-refractivity contribution in [2.24, 2.45) is 10.9 Å². The van der Waals surface area contributed by atoms with Gasteiger partial charge in [-0.2, -0.15) is 0 Å². The zero-order chi connectivity index (χ0) is 12.4. The number of amidine groups is 1. The number of nitrogens with zero attached hydrogens (tertiary/aromatic N) is 2. The van der Waals surface area contributed by atoms with Crippen molar-refractivity contribution >= 4 is 39.2 Å². The van der Waals surface area contributed by atoms with Crippen LogP contribution in [0.15, 0.2) is 10.4 Å². The Bertz CT molecular complexity index is 453. The minimum atomic E-state index is -0.00429. The van der Waals surface area contributed by atoms with Gasteiger partial charge in [-0.25, -0.2) is 4.98 Å². The van der Waals surface area contributed by atoms with Gasteiger partial charge >= 0.3 is 0 Å². The fourth-order valence-electron chi connectivity index (χ4n) is 1.38. The maximum Gasteiger partial charge on any atom is 0.189 e. The Morgan fingerprint density at radius 2 is 2.35 bits per heavy atom. The molecule has 0 bridgehead atoms. The standard InChI is InChI=1S/C11H15N3OS2/c1-6(2)8-4-16-10(12-8)14-11-13-9(5-17-11)7(3)15/h5-6,8H,4H2,1-3H3,(H,12,13,14)/t8-/m1/s1. The Hall–Kier alpha value is -0.880. The van der Waals surface area contributed by atoms with E-state index >= 15 is 0 Å². The first-order chi connectivity index (χ1) is 8.06. The fourth-order valence-corrected chi connectivity index (χ4v) is 3.36. The van der Waals surface area contributed by atoms with Gasteiger partial charge in [0, 0.05) is 18.1 Å². The van der Waals surface area contributed by atoms with E-state index in [0.717, 1.165) is 16.1 Å². The van der Waals surface area contributed by atoms with E-state index in [1.165, 1.54) is 18.3 Å². The molecule has 0 saturated carbocycles. The van der Waals surface area contributed by atoms with E-state index in [9.17, 15) is 4.79 Å². The van der Waals surface area contributed by atoms with Crippen LogP contribution in [0.1, 0.15) is 31.3 Å². The third-order valence-electron chi connectivity index (χ3n) is 2.52. The summed E-state index contributed by atoms with van der Waals surface area (Å²) in [7, 11) is 0. The molecule has 4 nitrogen and oxygen atoms in total. The predicted octanol–water partition coefficient (Wildman–Crippen LogP) is 2.89. The van der Waals surface area contributed by atoms with Crippen molar-refractivity contribution in [3.05, 3.63) is 11.1 Å². The number of rotatable bonds is 3. The van der Waals surface area contributed by atoms with Crippen molar-refractivity contribution in [2.45, 2.75) is 26.8 Å². The lowest BCUT2D eigenvalue weighted by Crippen LogP contribution is -2.12. The lowest BCUT2D eigenvalue weighted by Gasteiger charge is -2.07. The molecular formula is C11H15N3OS2. The average Bonchev–Trinajstić information content (AvgIpc) is 2.87. The van der Waals surface area contributed by atoms with Crippen LogP contribution in [0.4, 0.5) is 5.13 Å². The highest BCUT2D eigenvalue weighted by Crippen LogP contribution is 2.25. The summed E-state index contributed by atoms with van der Waals surface area (Å²) in [5.74, 6) is 1.58. The summed E-state index contributed by atoms with van der Waals surface area (Å²) < 4.78 is 0. The first-order valence-electron chi connectivity index (χ1n) is 5.50. The van der Waals surface area contributed by atoms with Gasteiger partial charge in [0.05, 0.1) is 6.04 Å². The molecule has 1 aromatic heterocycles. The van der Waals surface area contributed by atoms with Crippen molar-refractivity contribution in [3.63, 3.8) is 0 Å². The number of carbonyl (C=O) groups excluding carboxylic acids is 1. The number of aliphatic imine (C=N–C) groups is 1. The fraction of sp³-hybridized carbons (Fsp3) is 0.545. The number of hydrogen-bond acceptors (Lipinski definition) is 6. The van der Waals surface area contributed by atoms with Crippen LogP contribution in [-0.4, -0.2) is 27.7 Å². The number of anilines is 1. The Labute approximate surface area is 109 Å². The molecule has 0 aromatic carbocycles. The first kappa shape index (κ1) is 12.6. The number of thiazole rings is 1. The average molecular weight is 269 g/mol. The molecule has 0 unspecified atom stereocenters. The highest BCUT2D eigenvalue weighted by Gasteiger charge is 2.21. The molecule has 2 rings (SSSR count). The zero-order valence-electron chi connectivity index (χ0n) is 10.1. The van der Waals surface area contributed by atoms with Crippen LogP contribution in [-0.2, 0) is 0 Å². The van der Waals surface area contributed by atoms with Crippen LogP contribution >= 0.6 is 23.1 Å². The molecule has 1 aliphatic heterocycles. The van der Waals surface area contributed by atoms with Crippen molar-refractivity contribution in [1.82, 2.24) is 4.98 Å². The monoisotopic (exact) mass is 269 g/mol. The van der Waals surface area contributed by atoms with E-state index in [2.05, 4.69) is 29.1 Å². The number of aromatic nitrogens is 1. The van der Waals surface area contributed by atoms with Gasteiger partial charge in [0.25, 0.3) is 0 Å². The molecule has 0 spiro atoms. The van der Waals surface area contributed by atoms with Crippen LogP contribution in [0.25, 0.3) is 0 Å². The molecule has 17 heavy (non-hydrogen) atoms. The second-order valence-corrected chi connectivity index (χ2v) is 6.14. The molecule has 6 heteroatoms. The topological polar surface area (TPSA) is 54.4 Å². The summed E-state index contributed by atoms with van der Waals surface area (Å²) in [6.07, 6.45) is 0. The van der Waals surface area contributed by atoms with E-state index < -0.39 is 0 Å². The minimum Gasteiger partial charge on any atom is -0.311 e. The Morgan fingerprint density at radius 1 is 1.59 bits per heavy atom. The molecule has 0 aliphatic carbocycles. The molecule has 0 amide bonds. The molecule has 1 atom stereocenters. The summed E-state index contributed by atoms with van der Waals surface area (Å²) in [5, 5.41) is 6.59. The van der Waals surface area contributed by atoms with E-state index in [1.807, 2.05) is 0 Å². The molecule has 1 aliphatic rings. The van der Waals surface area contributed by atoms with Gasteiger partial charge in [-0.15, -0.1) is 11.3 Å². The van der Waals surface area contributed by atoms with Gasteiger partial charge < -0.3 is 5.32 Å². The molecule has 0 radical (unpaired) electrons. The summed E-state index contributed by atoms with van der Waals surface area (Å²) in [4.78, 5) is 19.9. The quantitative estimate of drug-likeness (QED) is 0.857. The molecular weight excluding hydrogens is 254 g/mol. The van der Waals surface area contributed by atoms with E-state index in [0.29, 0.717) is 17.7 Å². The van der Waals surface area contributed by atoms with Crippen LogP contribution in [0.3, 0.4) is 0 Å². The molecule has 1 aromatic rings. The van der Waals surface area contributed by atoms with Crippen molar-refractivity contribution < 1.29 is 4.79 Å². The van der Waals surface area contributed by atoms with Crippen LogP contribution in [0.5, 0.6) is 0 Å². The smallest absolute Gasteiger partial charge is 0.189 e. The zero-order valence-corrected chi connectivity index (χ0v) is 11.7. The summed E-state index contributed by atoms with van der Waals surface area (Å²) in [6.45, 7) is 5.87. The molecule has 0 fully saturated rings. The molecule has 2 heterocycles. The van der Waals surface area contributed by atoms with Crippen LogP contribution in [0.2, 0.25) is 0 Å². The number of Topliss-reactive ketones (excluding diaryl/α,β-unsaturated/α-hetero) is 1. The summed E-state index contributed by atoms with van der Waals surface area (Å²) in [5.41, 5.74) is 0.515. The normalized spacial score (nSPS) is 19.5. The lowest BCUT2D eigenvalue weighted by molar-refractivity contribution is 0.101. The molecule has 1 N–H and O–H groups in total. The number of ketones is 1. The number of hydrogen-bond donors (Lipinski definition) is 1. The third kappa shape index (κ3) is 3.07. The van der Waals surface area contributed by atoms with Gasteiger partial charge in [0.1, 0.15) is 5.69 Å². The van der Waals surface area contributed by atoms with E-state index in [1.54, 1.807) is 17.1 Å². The lowest BCUT2D eigenvalue weighted by atomic mass is 10.1. The minimum absolute atomic E-state index is 0.00429. The Kier molecular flexibility index (Phi) is 3.83. The van der Waals surface area contributed by atoms with Gasteiger partial charge in [0.15, 0.2) is 16.1 Å². The largest absolute Gasteiger partial charge is 0.311 e. The molecule has 0 saturated heterocycles. The van der Waals surface area contributed by atoms with Crippen molar-refractivity contribution in [1.29, 1.82) is 0 Å².